The minimum atomic E-state index is -5.73. The van der Waals surface area contributed by atoms with E-state index < -0.39 is 24.5 Å². The largest absolute Gasteiger partial charge is 0.434 e. The van der Waals surface area contributed by atoms with Crippen molar-refractivity contribution >= 4 is 23.4 Å². The first kappa shape index (κ1) is 26.7. The number of likely N-dealkylation sites (tertiary alicyclic amines) is 1. The second-order valence-corrected chi connectivity index (χ2v) is 10.9. The lowest BCUT2D eigenvalue weighted by molar-refractivity contribution is -0.308. The van der Waals surface area contributed by atoms with E-state index in [0.29, 0.717) is 36.5 Å². The Morgan fingerprint density at radius 2 is 1.54 bits per heavy atom. The molecule has 3 heterocycles. The molecule has 4 fully saturated rings. The SMILES string of the molecule is O=C(OC(C(F)(F)F)C(F)(F)F)N1CCN(Cc2ccc(Cl)cc2N2CC3CN(C4CC4)CC3C2)CC1. The number of halogens is 7. The molecule has 2 unspecified atom stereocenters. The van der Waals surface area contributed by atoms with Crippen molar-refractivity contribution < 1.29 is 35.9 Å². The summed E-state index contributed by atoms with van der Waals surface area (Å²) in [4.78, 5) is 20.0. The standard InChI is InChI=1S/C24H29ClF6N4O2/c25-18-2-1-15(20(9-18)35-13-16-11-34(19-3-4-19)12-17(16)14-35)10-32-5-7-33(8-6-32)22(36)37-21(23(26,27)28)24(29,30)31/h1-2,9,16-17,19,21H,3-8,10-14H2. The van der Waals surface area contributed by atoms with Gasteiger partial charge in [-0.15, -0.1) is 0 Å². The van der Waals surface area contributed by atoms with Crippen LogP contribution >= 0.6 is 11.6 Å². The molecule has 6 nitrogen and oxygen atoms in total. The van der Waals surface area contributed by atoms with Crippen LogP contribution in [0.5, 0.6) is 0 Å². The Morgan fingerprint density at radius 1 is 0.946 bits per heavy atom. The van der Waals surface area contributed by atoms with E-state index in [-0.39, 0.29) is 13.1 Å². The van der Waals surface area contributed by atoms with Crippen LogP contribution in [0.2, 0.25) is 5.02 Å². The highest BCUT2D eigenvalue weighted by atomic mass is 35.5. The van der Waals surface area contributed by atoms with E-state index in [1.54, 1.807) is 0 Å². The Hall–Kier alpha value is -1.92. The Morgan fingerprint density at radius 3 is 2.08 bits per heavy atom. The molecular formula is C24H29ClF6N4O2. The molecule has 3 saturated heterocycles. The molecule has 1 aliphatic carbocycles. The highest BCUT2D eigenvalue weighted by molar-refractivity contribution is 6.30. The van der Waals surface area contributed by atoms with Gasteiger partial charge in [0.1, 0.15) is 0 Å². The third-order valence-corrected chi connectivity index (χ3v) is 8.04. The number of ether oxygens (including phenoxy) is 1. The number of fused-ring (bicyclic) bond motifs is 1. The molecule has 1 saturated carbocycles. The highest BCUT2D eigenvalue weighted by Crippen LogP contribution is 2.41. The first-order valence-corrected chi connectivity index (χ1v) is 12.8. The molecule has 3 aliphatic heterocycles. The van der Waals surface area contributed by atoms with Gasteiger partial charge in [-0.3, -0.25) is 9.80 Å². The normalized spacial score (nSPS) is 25.7. The molecule has 13 heteroatoms. The van der Waals surface area contributed by atoms with Crippen molar-refractivity contribution in [2.45, 2.75) is 43.9 Å². The third-order valence-electron chi connectivity index (χ3n) is 7.80. The average Bonchev–Trinajstić information content (AvgIpc) is 3.47. The second-order valence-electron chi connectivity index (χ2n) is 10.5. The minimum Gasteiger partial charge on any atom is -0.426 e. The predicted octanol–water partition coefficient (Wildman–Crippen LogP) is 4.62. The number of hydrogen-bond donors (Lipinski definition) is 0. The maximum atomic E-state index is 12.7. The van der Waals surface area contributed by atoms with Gasteiger partial charge in [-0.05, 0) is 42.4 Å². The van der Waals surface area contributed by atoms with Gasteiger partial charge in [0.25, 0.3) is 6.10 Å². The summed E-state index contributed by atoms with van der Waals surface area (Å²) < 4.78 is 80.2. The van der Waals surface area contributed by atoms with E-state index in [4.69, 9.17) is 11.6 Å². The van der Waals surface area contributed by atoms with Crippen LogP contribution in [0.15, 0.2) is 18.2 Å². The van der Waals surface area contributed by atoms with Crippen LogP contribution in [0.25, 0.3) is 0 Å². The number of amides is 1. The summed E-state index contributed by atoms with van der Waals surface area (Å²) in [6.07, 6.45) is -14.6. The molecule has 4 aliphatic rings. The number of rotatable bonds is 5. The van der Waals surface area contributed by atoms with Crippen molar-refractivity contribution in [3.63, 3.8) is 0 Å². The number of carbonyl (C=O) groups excluding carboxylic acids is 1. The molecule has 1 aromatic carbocycles. The fourth-order valence-corrected chi connectivity index (χ4v) is 5.92. The number of anilines is 1. The van der Waals surface area contributed by atoms with Crippen LogP contribution in [0, 0.1) is 11.8 Å². The topological polar surface area (TPSA) is 39.3 Å². The molecule has 0 aromatic heterocycles. The smallest absolute Gasteiger partial charge is 0.426 e. The van der Waals surface area contributed by atoms with E-state index in [9.17, 15) is 31.1 Å². The Labute approximate surface area is 216 Å². The number of carbonyl (C=O) groups is 1. The zero-order valence-electron chi connectivity index (χ0n) is 20.1. The van der Waals surface area contributed by atoms with Crippen molar-refractivity contribution in [1.29, 1.82) is 0 Å². The average molecular weight is 555 g/mol. The van der Waals surface area contributed by atoms with Gasteiger partial charge in [-0.25, -0.2) is 4.79 Å². The first-order valence-electron chi connectivity index (χ1n) is 12.5. The van der Waals surface area contributed by atoms with Gasteiger partial charge in [0.2, 0.25) is 0 Å². The summed E-state index contributed by atoms with van der Waals surface area (Å²) in [5.74, 6) is 1.25. The molecule has 206 valence electrons. The van der Waals surface area contributed by atoms with Gasteiger partial charge in [0.15, 0.2) is 0 Å². The van der Waals surface area contributed by atoms with Gasteiger partial charge in [0.05, 0.1) is 0 Å². The summed E-state index contributed by atoms with van der Waals surface area (Å²) >= 11 is 6.32. The van der Waals surface area contributed by atoms with Gasteiger partial charge in [-0.1, -0.05) is 17.7 Å². The zero-order valence-corrected chi connectivity index (χ0v) is 20.8. The van der Waals surface area contributed by atoms with Crippen LogP contribution in [0.3, 0.4) is 0 Å². The van der Waals surface area contributed by atoms with Gasteiger partial charge in [-0.2, -0.15) is 26.3 Å². The third kappa shape index (κ3) is 6.06. The molecule has 5 rings (SSSR count). The molecule has 0 radical (unpaired) electrons. The van der Waals surface area contributed by atoms with E-state index in [1.807, 2.05) is 23.1 Å². The number of nitrogens with zero attached hydrogens (tertiary/aromatic N) is 4. The zero-order chi connectivity index (χ0) is 26.5. The lowest BCUT2D eigenvalue weighted by atomic mass is 10.0. The monoisotopic (exact) mass is 554 g/mol. The van der Waals surface area contributed by atoms with E-state index >= 15 is 0 Å². The molecule has 0 N–H and O–H groups in total. The molecule has 2 atom stereocenters. The van der Waals surface area contributed by atoms with Crippen LogP contribution in [0.4, 0.5) is 36.8 Å². The summed E-state index contributed by atoms with van der Waals surface area (Å²) in [5, 5.41) is 0.631. The van der Waals surface area contributed by atoms with Crippen molar-refractivity contribution in [2.75, 3.05) is 57.3 Å². The molecule has 0 bridgehead atoms. The van der Waals surface area contributed by atoms with Gasteiger partial charge in [0, 0.05) is 75.7 Å². The number of alkyl halides is 6. The van der Waals surface area contributed by atoms with E-state index in [0.717, 1.165) is 48.4 Å². The summed E-state index contributed by atoms with van der Waals surface area (Å²) in [6, 6.07) is 6.50. The number of benzene rings is 1. The maximum absolute atomic E-state index is 12.7. The lowest BCUT2D eigenvalue weighted by Gasteiger charge is -2.36. The Kier molecular flexibility index (Phi) is 7.21. The van der Waals surface area contributed by atoms with Crippen molar-refractivity contribution in [3.05, 3.63) is 28.8 Å². The van der Waals surface area contributed by atoms with Crippen molar-refractivity contribution in [3.8, 4) is 0 Å². The van der Waals surface area contributed by atoms with Crippen LogP contribution in [0.1, 0.15) is 18.4 Å². The molecule has 1 amide bonds. The fraction of sp³-hybridized carbons (Fsp3) is 0.708. The molecule has 1 aromatic rings. The van der Waals surface area contributed by atoms with Crippen LogP contribution in [-0.2, 0) is 11.3 Å². The Bertz CT molecular complexity index is 968. The van der Waals surface area contributed by atoms with Crippen molar-refractivity contribution in [1.82, 2.24) is 14.7 Å². The highest BCUT2D eigenvalue weighted by Gasteiger charge is 2.60. The minimum absolute atomic E-state index is 0.0327. The lowest BCUT2D eigenvalue weighted by Crippen LogP contribution is -2.52. The number of hydrogen-bond acceptors (Lipinski definition) is 5. The van der Waals surface area contributed by atoms with Crippen LogP contribution < -0.4 is 4.90 Å². The first-order chi connectivity index (χ1) is 17.4. The van der Waals surface area contributed by atoms with Gasteiger partial charge < -0.3 is 14.5 Å². The molecule has 0 spiro atoms. The fourth-order valence-electron chi connectivity index (χ4n) is 5.75. The van der Waals surface area contributed by atoms with E-state index in [2.05, 4.69) is 14.5 Å². The maximum Gasteiger partial charge on any atom is 0.434 e. The molecule has 37 heavy (non-hydrogen) atoms. The van der Waals surface area contributed by atoms with Crippen LogP contribution in [-0.4, -0.2) is 97.6 Å². The summed E-state index contributed by atoms with van der Waals surface area (Å²) in [6.45, 7) is 5.23. The second kappa shape index (κ2) is 10.00. The van der Waals surface area contributed by atoms with E-state index in [1.165, 1.54) is 12.8 Å². The summed E-state index contributed by atoms with van der Waals surface area (Å²) in [5.41, 5.74) is 2.11. The molecular weight excluding hydrogens is 526 g/mol. The summed E-state index contributed by atoms with van der Waals surface area (Å²) in [7, 11) is 0. The predicted molar refractivity (Wildman–Crippen MR) is 124 cm³/mol. The quantitative estimate of drug-likeness (QED) is 0.497. The van der Waals surface area contributed by atoms with Crippen molar-refractivity contribution in [2.24, 2.45) is 11.8 Å². The Balaban J connectivity index is 1.17. The van der Waals surface area contributed by atoms with Gasteiger partial charge >= 0.3 is 18.4 Å². The number of piperazine rings is 1.